The van der Waals surface area contributed by atoms with Crippen LogP contribution >= 0.6 is 11.8 Å². The largest absolute Gasteiger partial charge is 0.467 e. The van der Waals surface area contributed by atoms with Crippen LogP contribution in [0.5, 0.6) is 0 Å². The van der Waals surface area contributed by atoms with Gasteiger partial charge in [0.05, 0.1) is 12.7 Å². The molecule has 2 atom stereocenters. The molecular formula is C19H15F4NO3S. The fourth-order valence-electron chi connectivity index (χ4n) is 2.93. The summed E-state index contributed by atoms with van der Waals surface area (Å²) in [5.41, 5.74) is -0.602. The minimum Gasteiger partial charge on any atom is -0.467 e. The van der Waals surface area contributed by atoms with Gasteiger partial charge in [-0.2, -0.15) is 13.2 Å². The first-order valence-electron chi connectivity index (χ1n) is 8.17. The highest BCUT2D eigenvalue weighted by Crippen LogP contribution is 2.43. The number of methoxy groups -OCH3 is 1. The Morgan fingerprint density at radius 3 is 2.43 bits per heavy atom. The molecule has 4 nitrogen and oxygen atoms in total. The summed E-state index contributed by atoms with van der Waals surface area (Å²) < 4.78 is 57.0. The zero-order chi connectivity index (χ0) is 20.5. The number of esters is 1. The number of hydrogen-bond donors (Lipinski definition) is 0. The van der Waals surface area contributed by atoms with Crippen LogP contribution in [0.3, 0.4) is 0 Å². The standard InChI is InChI=1S/C19H15F4NO3S/c1-27-18(26)15-10-28-17(11-5-7-14(20)8-6-11)24(15)16(25)12-3-2-4-13(9-12)19(21,22)23/h2-9,15,17H,10H2,1H3. The number of benzene rings is 2. The maximum Gasteiger partial charge on any atom is 0.416 e. The number of rotatable bonds is 3. The van der Waals surface area contributed by atoms with E-state index in [1.165, 1.54) is 54.1 Å². The second-order valence-corrected chi connectivity index (χ2v) is 7.18. The summed E-state index contributed by atoms with van der Waals surface area (Å²) >= 11 is 1.25. The van der Waals surface area contributed by atoms with Crippen LogP contribution < -0.4 is 0 Å². The number of halogens is 4. The molecule has 0 radical (unpaired) electrons. The van der Waals surface area contributed by atoms with Crippen molar-refractivity contribution >= 4 is 23.6 Å². The zero-order valence-corrected chi connectivity index (χ0v) is 15.4. The van der Waals surface area contributed by atoms with E-state index in [1.54, 1.807) is 0 Å². The molecule has 9 heteroatoms. The predicted octanol–water partition coefficient (Wildman–Crippen LogP) is 4.27. The lowest BCUT2D eigenvalue weighted by atomic mass is 10.1. The Bertz CT molecular complexity index is 885. The SMILES string of the molecule is COC(=O)C1CSC(c2ccc(F)cc2)N1C(=O)c1cccc(C(F)(F)F)c1. The maximum atomic E-state index is 13.2. The van der Waals surface area contributed by atoms with E-state index >= 15 is 0 Å². The van der Waals surface area contributed by atoms with Crippen LogP contribution in [-0.4, -0.2) is 35.7 Å². The maximum absolute atomic E-state index is 13.2. The van der Waals surface area contributed by atoms with Crippen LogP contribution in [0, 0.1) is 5.82 Å². The molecule has 2 unspecified atom stereocenters. The fraction of sp³-hybridized carbons (Fsp3) is 0.263. The lowest BCUT2D eigenvalue weighted by molar-refractivity contribution is -0.145. The lowest BCUT2D eigenvalue weighted by Gasteiger charge is -2.28. The smallest absolute Gasteiger partial charge is 0.416 e. The minimum atomic E-state index is -4.60. The quantitative estimate of drug-likeness (QED) is 0.557. The van der Waals surface area contributed by atoms with Gasteiger partial charge in [-0.25, -0.2) is 9.18 Å². The second kappa shape index (κ2) is 7.83. The minimum absolute atomic E-state index is 0.196. The van der Waals surface area contributed by atoms with Gasteiger partial charge in [-0.15, -0.1) is 11.8 Å². The first-order valence-corrected chi connectivity index (χ1v) is 9.22. The second-order valence-electron chi connectivity index (χ2n) is 6.07. The van der Waals surface area contributed by atoms with Gasteiger partial charge in [0.1, 0.15) is 17.2 Å². The van der Waals surface area contributed by atoms with E-state index in [9.17, 15) is 27.2 Å². The third-order valence-corrected chi connectivity index (χ3v) is 5.62. The van der Waals surface area contributed by atoms with Crippen molar-refractivity contribution in [2.75, 3.05) is 12.9 Å². The van der Waals surface area contributed by atoms with Crippen molar-refractivity contribution in [3.63, 3.8) is 0 Å². The molecule has 0 spiro atoms. The van der Waals surface area contributed by atoms with Gasteiger partial charge in [0, 0.05) is 11.3 Å². The summed E-state index contributed by atoms with van der Waals surface area (Å²) in [5, 5.41) is -0.660. The molecule has 28 heavy (non-hydrogen) atoms. The normalized spacial score (nSPS) is 19.5. The molecule has 2 aromatic carbocycles. The number of nitrogens with zero attached hydrogens (tertiary/aromatic N) is 1. The van der Waals surface area contributed by atoms with Crippen LogP contribution in [0.15, 0.2) is 48.5 Å². The van der Waals surface area contributed by atoms with Gasteiger partial charge in [0.25, 0.3) is 5.91 Å². The lowest BCUT2D eigenvalue weighted by Crippen LogP contribution is -2.43. The van der Waals surface area contributed by atoms with E-state index in [2.05, 4.69) is 0 Å². The molecule has 1 fully saturated rings. The summed E-state index contributed by atoms with van der Waals surface area (Å²) in [4.78, 5) is 26.4. The Morgan fingerprint density at radius 1 is 1.14 bits per heavy atom. The third kappa shape index (κ3) is 3.99. The van der Waals surface area contributed by atoms with Crippen molar-refractivity contribution in [1.29, 1.82) is 0 Å². The highest BCUT2D eigenvalue weighted by atomic mass is 32.2. The molecule has 1 amide bonds. The molecule has 1 aliphatic heterocycles. The van der Waals surface area contributed by atoms with E-state index in [0.29, 0.717) is 5.56 Å². The monoisotopic (exact) mass is 413 g/mol. The Hall–Kier alpha value is -2.55. The van der Waals surface area contributed by atoms with E-state index in [4.69, 9.17) is 4.74 Å². The molecule has 1 aliphatic rings. The molecule has 0 aromatic heterocycles. The van der Waals surface area contributed by atoms with Crippen LogP contribution in [0.25, 0.3) is 0 Å². The molecule has 0 bridgehead atoms. The number of ether oxygens (including phenoxy) is 1. The molecular weight excluding hydrogens is 398 g/mol. The Morgan fingerprint density at radius 2 is 1.82 bits per heavy atom. The highest BCUT2D eigenvalue weighted by molar-refractivity contribution is 7.99. The molecule has 0 aliphatic carbocycles. The molecule has 3 rings (SSSR count). The van der Waals surface area contributed by atoms with Crippen LogP contribution in [0.1, 0.15) is 26.9 Å². The summed E-state index contributed by atoms with van der Waals surface area (Å²) in [6, 6.07) is 8.43. The average Bonchev–Trinajstić information content (AvgIpc) is 3.11. The average molecular weight is 413 g/mol. The molecule has 1 heterocycles. The van der Waals surface area contributed by atoms with Gasteiger partial charge >= 0.3 is 12.1 Å². The topological polar surface area (TPSA) is 46.6 Å². The van der Waals surface area contributed by atoms with Gasteiger partial charge in [-0.05, 0) is 35.9 Å². The molecule has 0 N–H and O–H groups in total. The number of thioether (sulfide) groups is 1. The number of alkyl halides is 3. The van der Waals surface area contributed by atoms with Crippen molar-refractivity contribution in [3.05, 3.63) is 71.0 Å². The Balaban J connectivity index is 2.00. The summed E-state index contributed by atoms with van der Waals surface area (Å²) in [6.07, 6.45) is -4.60. The Labute approximate surface area is 162 Å². The number of carbonyl (C=O) groups excluding carboxylic acids is 2. The van der Waals surface area contributed by atoms with Crippen molar-refractivity contribution in [3.8, 4) is 0 Å². The van der Waals surface area contributed by atoms with Gasteiger partial charge in [-0.3, -0.25) is 4.79 Å². The fourth-order valence-corrected chi connectivity index (χ4v) is 4.35. The zero-order valence-electron chi connectivity index (χ0n) is 14.6. The van der Waals surface area contributed by atoms with Gasteiger partial charge < -0.3 is 9.64 Å². The van der Waals surface area contributed by atoms with Crippen molar-refractivity contribution in [2.24, 2.45) is 0 Å². The molecule has 1 saturated heterocycles. The van der Waals surface area contributed by atoms with Gasteiger partial charge in [0.15, 0.2) is 0 Å². The van der Waals surface area contributed by atoms with Crippen LogP contribution in [0.2, 0.25) is 0 Å². The molecule has 2 aromatic rings. The van der Waals surface area contributed by atoms with Crippen LogP contribution in [-0.2, 0) is 15.7 Å². The summed E-state index contributed by atoms with van der Waals surface area (Å²) in [5.74, 6) is -1.66. The third-order valence-electron chi connectivity index (χ3n) is 4.30. The first kappa shape index (κ1) is 20.2. The van der Waals surface area contributed by atoms with Gasteiger partial charge in [-0.1, -0.05) is 18.2 Å². The first-order chi connectivity index (χ1) is 13.2. The number of carbonyl (C=O) groups is 2. The van der Waals surface area contributed by atoms with E-state index in [0.717, 1.165) is 18.2 Å². The van der Waals surface area contributed by atoms with Crippen molar-refractivity contribution in [1.82, 2.24) is 4.90 Å². The van der Waals surface area contributed by atoms with E-state index in [-0.39, 0.29) is 11.3 Å². The van der Waals surface area contributed by atoms with Crippen molar-refractivity contribution < 1.29 is 31.9 Å². The molecule has 0 saturated carbocycles. The molecule has 148 valence electrons. The number of amides is 1. The highest BCUT2D eigenvalue weighted by Gasteiger charge is 2.43. The van der Waals surface area contributed by atoms with E-state index < -0.39 is 40.8 Å². The van der Waals surface area contributed by atoms with Crippen molar-refractivity contribution in [2.45, 2.75) is 17.6 Å². The Kier molecular flexibility index (Phi) is 5.64. The predicted molar refractivity (Wildman–Crippen MR) is 95.0 cm³/mol. The summed E-state index contributed by atoms with van der Waals surface area (Å²) in [6.45, 7) is 0. The summed E-state index contributed by atoms with van der Waals surface area (Å²) in [7, 11) is 1.17. The van der Waals surface area contributed by atoms with E-state index in [1.807, 2.05) is 0 Å². The van der Waals surface area contributed by atoms with Gasteiger partial charge in [0.2, 0.25) is 0 Å². The number of hydrogen-bond acceptors (Lipinski definition) is 4. The van der Waals surface area contributed by atoms with Crippen LogP contribution in [0.4, 0.5) is 17.6 Å².